The number of hydrogen-bond acceptors (Lipinski definition) is 4. The molecule has 0 spiro atoms. The second kappa shape index (κ2) is 5.70. The van der Waals surface area contributed by atoms with E-state index in [1.54, 1.807) is 0 Å². The Labute approximate surface area is 117 Å². The Morgan fingerprint density at radius 1 is 1.29 bits per heavy atom. The maximum absolute atomic E-state index is 12.1. The minimum Gasteiger partial charge on any atom is -0.505 e. The number of rotatable bonds is 3. The zero-order chi connectivity index (χ0) is 15.5. The molecule has 0 fully saturated rings. The van der Waals surface area contributed by atoms with Crippen LogP contribution in [0.25, 0.3) is 0 Å². The molecular weight excluding hydrogens is 289 g/mol. The number of carbonyl (C=O) groups excluding carboxylic acids is 1. The van der Waals surface area contributed by atoms with Gasteiger partial charge in [0.15, 0.2) is 0 Å². The van der Waals surface area contributed by atoms with Crippen LogP contribution >= 0.6 is 0 Å². The highest BCUT2D eigenvalue weighted by molar-refractivity contribution is 6.06. The second-order valence-corrected chi connectivity index (χ2v) is 3.92. The smallest absolute Gasteiger partial charge is 0.505 e. The number of aromatic hydroxyl groups is 1. The zero-order valence-corrected chi connectivity index (χ0v) is 10.4. The number of anilines is 1. The van der Waals surface area contributed by atoms with E-state index in [4.69, 9.17) is 0 Å². The Morgan fingerprint density at radius 3 is 2.71 bits per heavy atom. The van der Waals surface area contributed by atoms with Crippen molar-refractivity contribution in [2.24, 2.45) is 0 Å². The number of nitrogens with zero attached hydrogens (tertiary/aromatic N) is 1. The first kappa shape index (κ1) is 14.6. The van der Waals surface area contributed by atoms with Crippen molar-refractivity contribution in [1.82, 2.24) is 4.98 Å². The summed E-state index contributed by atoms with van der Waals surface area (Å²) in [5.41, 5.74) is 0.0464. The van der Waals surface area contributed by atoms with Gasteiger partial charge in [0.2, 0.25) is 0 Å². The van der Waals surface area contributed by atoms with Gasteiger partial charge in [-0.05, 0) is 18.2 Å². The van der Waals surface area contributed by atoms with Crippen molar-refractivity contribution in [3.05, 3.63) is 48.3 Å². The number of carbonyl (C=O) groups is 1. The molecule has 2 N–H and O–H groups in total. The third-order valence-electron chi connectivity index (χ3n) is 2.37. The second-order valence-electron chi connectivity index (χ2n) is 3.92. The van der Waals surface area contributed by atoms with Gasteiger partial charge in [0.1, 0.15) is 11.5 Å². The highest BCUT2D eigenvalue weighted by Crippen LogP contribution is 2.25. The number of amides is 1. The van der Waals surface area contributed by atoms with E-state index in [9.17, 15) is 23.1 Å². The first-order valence-electron chi connectivity index (χ1n) is 5.65. The average Bonchev–Trinajstić information content (AvgIpc) is 2.37. The molecule has 2 rings (SSSR count). The molecule has 2 aromatic rings. The van der Waals surface area contributed by atoms with Crippen LogP contribution in [-0.4, -0.2) is 22.4 Å². The molecule has 1 aromatic carbocycles. The number of aromatic nitrogens is 1. The van der Waals surface area contributed by atoms with Gasteiger partial charge in [0, 0.05) is 18.0 Å². The molecule has 0 bridgehead atoms. The fourth-order valence-electron chi connectivity index (χ4n) is 1.55. The minimum atomic E-state index is -4.81. The molecule has 0 atom stereocenters. The molecule has 0 saturated carbocycles. The molecule has 1 amide bonds. The van der Waals surface area contributed by atoms with Crippen LogP contribution in [0.15, 0.2) is 42.7 Å². The number of ether oxygens (including phenoxy) is 1. The Bertz CT molecular complexity index is 659. The van der Waals surface area contributed by atoms with Crippen LogP contribution in [0.4, 0.5) is 18.9 Å². The van der Waals surface area contributed by atoms with Crippen molar-refractivity contribution in [2.75, 3.05) is 5.32 Å². The molecule has 0 aliphatic heterocycles. The van der Waals surface area contributed by atoms with Crippen molar-refractivity contribution in [2.45, 2.75) is 6.36 Å². The van der Waals surface area contributed by atoms with E-state index in [1.165, 1.54) is 24.4 Å². The Morgan fingerprint density at radius 2 is 2.05 bits per heavy atom. The van der Waals surface area contributed by atoms with Crippen LogP contribution in [0.2, 0.25) is 0 Å². The highest BCUT2D eigenvalue weighted by Gasteiger charge is 2.31. The van der Waals surface area contributed by atoms with Gasteiger partial charge in [-0.15, -0.1) is 13.2 Å². The summed E-state index contributed by atoms with van der Waals surface area (Å²) in [7, 11) is 0. The standard InChI is InChI=1S/C13H9F3N2O3/c14-13(15,16)21-9-3-1-2-8(6-9)18-12(20)10-4-5-17-7-11(10)19/h1-7,19H,(H,18,20). The molecule has 0 aliphatic carbocycles. The van der Waals surface area contributed by atoms with Crippen LogP contribution in [0.5, 0.6) is 11.5 Å². The lowest BCUT2D eigenvalue weighted by molar-refractivity contribution is -0.274. The zero-order valence-electron chi connectivity index (χ0n) is 10.4. The van der Waals surface area contributed by atoms with E-state index in [2.05, 4.69) is 15.0 Å². The summed E-state index contributed by atoms with van der Waals surface area (Å²) in [6.07, 6.45) is -2.43. The van der Waals surface area contributed by atoms with Crippen molar-refractivity contribution < 1.29 is 27.8 Å². The van der Waals surface area contributed by atoms with Crippen molar-refractivity contribution in [3.63, 3.8) is 0 Å². The molecule has 0 aliphatic rings. The van der Waals surface area contributed by atoms with E-state index in [0.29, 0.717) is 0 Å². The number of hydrogen-bond donors (Lipinski definition) is 2. The fourth-order valence-corrected chi connectivity index (χ4v) is 1.55. The lowest BCUT2D eigenvalue weighted by Gasteiger charge is -2.11. The Hall–Kier alpha value is -2.77. The fraction of sp³-hybridized carbons (Fsp3) is 0.0769. The van der Waals surface area contributed by atoms with Crippen LogP contribution < -0.4 is 10.1 Å². The maximum atomic E-state index is 12.1. The predicted molar refractivity (Wildman–Crippen MR) is 67.0 cm³/mol. The van der Waals surface area contributed by atoms with Gasteiger partial charge in [-0.3, -0.25) is 9.78 Å². The van der Waals surface area contributed by atoms with Crippen LogP contribution in [-0.2, 0) is 0 Å². The summed E-state index contributed by atoms with van der Waals surface area (Å²) in [5.74, 6) is -1.48. The van der Waals surface area contributed by atoms with Crippen LogP contribution in [0.1, 0.15) is 10.4 Å². The molecule has 8 heteroatoms. The first-order valence-corrected chi connectivity index (χ1v) is 5.65. The van der Waals surface area contributed by atoms with Gasteiger partial charge in [-0.25, -0.2) is 0 Å². The largest absolute Gasteiger partial charge is 0.573 e. The molecule has 1 aromatic heterocycles. The first-order chi connectivity index (χ1) is 9.85. The summed E-state index contributed by atoms with van der Waals surface area (Å²) in [4.78, 5) is 15.5. The lowest BCUT2D eigenvalue weighted by Crippen LogP contribution is -2.17. The lowest BCUT2D eigenvalue weighted by atomic mass is 10.2. The van der Waals surface area contributed by atoms with Gasteiger partial charge in [0.25, 0.3) is 5.91 Å². The van der Waals surface area contributed by atoms with Crippen LogP contribution in [0.3, 0.4) is 0 Å². The number of alkyl halides is 3. The van der Waals surface area contributed by atoms with E-state index in [0.717, 1.165) is 18.3 Å². The van der Waals surface area contributed by atoms with Gasteiger partial charge in [0.05, 0.1) is 11.8 Å². The van der Waals surface area contributed by atoms with Crippen molar-refractivity contribution in [3.8, 4) is 11.5 Å². The van der Waals surface area contributed by atoms with Gasteiger partial charge < -0.3 is 15.2 Å². The summed E-state index contributed by atoms with van der Waals surface area (Å²) >= 11 is 0. The molecule has 0 saturated heterocycles. The van der Waals surface area contributed by atoms with E-state index < -0.39 is 18.0 Å². The van der Waals surface area contributed by atoms with Gasteiger partial charge in [-0.2, -0.15) is 0 Å². The minimum absolute atomic E-state index is 0.0489. The van der Waals surface area contributed by atoms with E-state index >= 15 is 0 Å². The number of nitrogens with one attached hydrogen (secondary N) is 1. The normalized spacial score (nSPS) is 11.0. The topological polar surface area (TPSA) is 71.5 Å². The number of pyridine rings is 1. The Kier molecular flexibility index (Phi) is 3.97. The molecule has 21 heavy (non-hydrogen) atoms. The number of halogens is 3. The molecule has 5 nitrogen and oxygen atoms in total. The molecule has 0 radical (unpaired) electrons. The highest BCUT2D eigenvalue weighted by atomic mass is 19.4. The summed E-state index contributed by atoms with van der Waals surface area (Å²) < 4.78 is 40.1. The van der Waals surface area contributed by atoms with E-state index in [-0.39, 0.29) is 17.0 Å². The maximum Gasteiger partial charge on any atom is 0.573 e. The molecular formula is C13H9F3N2O3. The SMILES string of the molecule is O=C(Nc1cccc(OC(F)(F)F)c1)c1ccncc1O. The summed E-state index contributed by atoms with van der Waals surface area (Å²) in [6.45, 7) is 0. The van der Waals surface area contributed by atoms with Gasteiger partial charge in [-0.1, -0.05) is 6.07 Å². The summed E-state index contributed by atoms with van der Waals surface area (Å²) in [6, 6.07) is 6.08. The number of benzene rings is 1. The molecule has 110 valence electrons. The third kappa shape index (κ3) is 4.10. The molecule has 0 unspecified atom stereocenters. The van der Waals surface area contributed by atoms with E-state index in [1.807, 2.05) is 0 Å². The molecule has 1 heterocycles. The quantitative estimate of drug-likeness (QED) is 0.914. The monoisotopic (exact) mass is 298 g/mol. The van der Waals surface area contributed by atoms with Crippen LogP contribution in [0, 0.1) is 0 Å². The average molecular weight is 298 g/mol. The summed E-state index contributed by atoms with van der Waals surface area (Å²) in [5, 5.41) is 11.8. The van der Waals surface area contributed by atoms with Crippen molar-refractivity contribution >= 4 is 11.6 Å². The Balaban J connectivity index is 2.15. The third-order valence-corrected chi connectivity index (χ3v) is 2.37. The van der Waals surface area contributed by atoms with Gasteiger partial charge >= 0.3 is 6.36 Å². The van der Waals surface area contributed by atoms with Crippen molar-refractivity contribution in [1.29, 1.82) is 0 Å². The predicted octanol–water partition coefficient (Wildman–Crippen LogP) is 2.94.